The summed E-state index contributed by atoms with van der Waals surface area (Å²) in [7, 11) is 0. The minimum Gasteiger partial charge on any atom is -0.490 e. The Hall–Kier alpha value is -2.91. The number of halogens is 1. The maximum Gasteiger partial charge on any atom is 0.255 e. The van der Waals surface area contributed by atoms with Crippen LogP contribution in [-0.2, 0) is 9.59 Å². The monoisotopic (exact) mass is 472 g/mol. The molecule has 0 radical (unpaired) electrons. The number of aliphatic hydroxyl groups is 1. The van der Waals surface area contributed by atoms with Crippen molar-refractivity contribution in [1.82, 2.24) is 15.1 Å². The third kappa shape index (κ3) is 4.63. The number of ether oxygens (including phenoxy) is 1. The Labute approximate surface area is 181 Å². The van der Waals surface area contributed by atoms with E-state index in [0.717, 1.165) is 15.4 Å². The van der Waals surface area contributed by atoms with Crippen LogP contribution in [0.25, 0.3) is 10.9 Å². The predicted octanol–water partition coefficient (Wildman–Crippen LogP) is 2.55. The number of anilines is 1. The average molecular weight is 473 g/mol. The molecule has 1 aliphatic heterocycles. The van der Waals surface area contributed by atoms with E-state index >= 15 is 0 Å². The highest BCUT2D eigenvalue weighted by molar-refractivity contribution is 9.10. The van der Waals surface area contributed by atoms with Crippen molar-refractivity contribution in [2.45, 2.75) is 12.5 Å². The maximum atomic E-state index is 12.6. The number of aliphatic hydroxyl groups excluding tert-OH is 1. The van der Waals surface area contributed by atoms with E-state index in [1.54, 1.807) is 24.4 Å². The lowest BCUT2D eigenvalue weighted by Crippen LogP contribution is -2.41. The Kier molecular flexibility index (Phi) is 6.01. The number of hydrogen-bond donors (Lipinski definition) is 3. The Morgan fingerprint density at radius 3 is 2.90 bits per heavy atom. The molecule has 2 atom stereocenters. The Bertz CT molecular complexity index is 1050. The summed E-state index contributed by atoms with van der Waals surface area (Å²) in [6, 6.07) is 12.6. The van der Waals surface area contributed by atoms with Crippen LogP contribution in [0.3, 0.4) is 0 Å². The molecule has 0 saturated carbocycles. The van der Waals surface area contributed by atoms with Gasteiger partial charge in [0.25, 0.3) is 5.91 Å². The molecular weight excluding hydrogens is 452 g/mol. The Morgan fingerprint density at radius 1 is 1.30 bits per heavy atom. The van der Waals surface area contributed by atoms with Gasteiger partial charge in [-0.15, -0.1) is 0 Å². The number of benzene rings is 2. The molecule has 1 aliphatic rings. The van der Waals surface area contributed by atoms with Crippen molar-refractivity contribution >= 4 is 44.3 Å². The topological polar surface area (TPSA) is 108 Å². The molecule has 3 aromatic rings. The SMILES string of the molecule is O=C(Nc1ccc2[nH]ncc2c1)C1CCN(C(=O)[C@@H](O)COc2ccc(Br)cc2)C1. The number of hydrogen-bond acceptors (Lipinski definition) is 5. The summed E-state index contributed by atoms with van der Waals surface area (Å²) in [6.45, 7) is 0.555. The number of H-pyrrole nitrogens is 1. The molecule has 2 heterocycles. The summed E-state index contributed by atoms with van der Waals surface area (Å²) < 4.78 is 6.39. The summed E-state index contributed by atoms with van der Waals surface area (Å²) in [4.78, 5) is 26.6. The van der Waals surface area contributed by atoms with Gasteiger partial charge >= 0.3 is 0 Å². The normalized spacial score (nSPS) is 17.1. The molecule has 9 heteroatoms. The number of likely N-dealkylation sites (tertiary alicyclic amines) is 1. The summed E-state index contributed by atoms with van der Waals surface area (Å²) >= 11 is 3.34. The summed E-state index contributed by atoms with van der Waals surface area (Å²) in [6.07, 6.45) is 0.962. The minimum atomic E-state index is -1.28. The lowest BCUT2D eigenvalue weighted by molar-refractivity contribution is -0.140. The number of carbonyl (C=O) groups is 2. The van der Waals surface area contributed by atoms with Crippen molar-refractivity contribution in [2.24, 2.45) is 5.92 Å². The highest BCUT2D eigenvalue weighted by Gasteiger charge is 2.33. The van der Waals surface area contributed by atoms with E-state index in [1.807, 2.05) is 24.3 Å². The predicted molar refractivity (Wildman–Crippen MR) is 115 cm³/mol. The summed E-state index contributed by atoms with van der Waals surface area (Å²) in [5.74, 6) is -0.331. The number of aromatic nitrogens is 2. The van der Waals surface area contributed by atoms with Crippen LogP contribution in [0.5, 0.6) is 5.75 Å². The highest BCUT2D eigenvalue weighted by atomic mass is 79.9. The number of fused-ring (bicyclic) bond motifs is 1. The van der Waals surface area contributed by atoms with Gasteiger partial charge < -0.3 is 20.1 Å². The fourth-order valence-corrected chi connectivity index (χ4v) is 3.69. The van der Waals surface area contributed by atoms with Gasteiger partial charge in [0, 0.05) is 28.6 Å². The summed E-state index contributed by atoms with van der Waals surface area (Å²) in [5, 5.41) is 20.8. The van der Waals surface area contributed by atoms with Gasteiger partial charge in [0.05, 0.1) is 17.6 Å². The highest BCUT2D eigenvalue weighted by Crippen LogP contribution is 2.22. The van der Waals surface area contributed by atoms with E-state index in [-0.39, 0.29) is 25.0 Å². The molecule has 1 aromatic heterocycles. The van der Waals surface area contributed by atoms with E-state index in [9.17, 15) is 14.7 Å². The smallest absolute Gasteiger partial charge is 0.255 e. The molecule has 3 N–H and O–H groups in total. The van der Waals surface area contributed by atoms with Gasteiger partial charge in [-0.3, -0.25) is 14.7 Å². The zero-order valence-corrected chi connectivity index (χ0v) is 17.6. The van der Waals surface area contributed by atoms with Gasteiger partial charge in [0.2, 0.25) is 5.91 Å². The quantitative estimate of drug-likeness (QED) is 0.510. The number of amides is 2. The van der Waals surface area contributed by atoms with Crippen molar-refractivity contribution < 1.29 is 19.4 Å². The summed E-state index contributed by atoms with van der Waals surface area (Å²) in [5.41, 5.74) is 1.58. The zero-order valence-electron chi connectivity index (χ0n) is 16.0. The number of rotatable bonds is 6. The fourth-order valence-electron chi connectivity index (χ4n) is 3.43. The molecule has 4 rings (SSSR count). The molecule has 156 valence electrons. The first kappa shape index (κ1) is 20.4. The van der Waals surface area contributed by atoms with Crippen molar-refractivity contribution in [2.75, 3.05) is 25.0 Å². The van der Waals surface area contributed by atoms with Crippen LogP contribution >= 0.6 is 15.9 Å². The molecular formula is C21H21BrN4O4. The third-order valence-corrected chi connectivity index (χ3v) is 5.61. The zero-order chi connectivity index (χ0) is 21.1. The maximum absolute atomic E-state index is 12.6. The van der Waals surface area contributed by atoms with Crippen molar-refractivity contribution in [1.29, 1.82) is 0 Å². The third-order valence-electron chi connectivity index (χ3n) is 5.09. The van der Waals surface area contributed by atoms with Crippen LogP contribution in [0.1, 0.15) is 6.42 Å². The van der Waals surface area contributed by atoms with Gasteiger partial charge in [-0.25, -0.2) is 0 Å². The van der Waals surface area contributed by atoms with Crippen LogP contribution in [-0.4, -0.2) is 57.8 Å². The lowest BCUT2D eigenvalue weighted by atomic mass is 10.1. The second kappa shape index (κ2) is 8.85. The first-order valence-electron chi connectivity index (χ1n) is 9.59. The number of carbonyl (C=O) groups excluding carboxylic acids is 2. The Morgan fingerprint density at radius 2 is 2.10 bits per heavy atom. The average Bonchev–Trinajstić information content (AvgIpc) is 3.42. The molecule has 2 amide bonds. The van der Waals surface area contributed by atoms with Crippen molar-refractivity contribution in [3.8, 4) is 5.75 Å². The van der Waals surface area contributed by atoms with Gasteiger partial charge in [-0.1, -0.05) is 15.9 Å². The first-order valence-corrected chi connectivity index (χ1v) is 10.4. The van der Waals surface area contributed by atoms with Crippen LogP contribution in [0.4, 0.5) is 5.69 Å². The largest absolute Gasteiger partial charge is 0.490 e. The second-order valence-corrected chi connectivity index (χ2v) is 8.13. The minimum absolute atomic E-state index is 0.140. The molecule has 1 saturated heterocycles. The molecule has 0 bridgehead atoms. The van der Waals surface area contributed by atoms with Crippen LogP contribution in [0.15, 0.2) is 53.1 Å². The lowest BCUT2D eigenvalue weighted by Gasteiger charge is -2.20. The van der Waals surface area contributed by atoms with Crippen LogP contribution in [0, 0.1) is 5.92 Å². The van der Waals surface area contributed by atoms with E-state index in [1.165, 1.54) is 4.90 Å². The van der Waals surface area contributed by atoms with Gasteiger partial charge in [-0.2, -0.15) is 5.10 Å². The number of nitrogens with one attached hydrogen (secondary N) is 2. The molecule has 0 aliphatic carbocycles. The molecule has 8 nitrogen and oxygen atoms in total. The number of nitrogens with zero attached hydrogens (tertiary/aromatic N) is 2. The fraction of sp³-hybridized carbons (Fsp3) is 0.286. The second-order valence-electron chi connectivity index (χ2n) is 7.21. The Balaban J connectivity index is 1.28. The van der Waals surface area contributed by atoms with E-state index in [4.69, 9.17) is 4.74 Å². The standard InChI is InChI=1S/C21H21BrN4O4/c22-15-1-4-17(5-2-15)30-12-19(27)21(29)26-8-7-13(11-26)20(28)24-16-3-6-18-14(9-16)10-23-25-18/h1-6,9-10,13,19,27H,7-8,11-12H2,(H,23,25)(H,24,28)/t13?,19-/m0/s1. The molecule has 30 heavy (non-hydrogen) atoms. The molecule has 1 fully saturated rings. The first-order chi connectivity index (χ1) is 14.5. The molecule has 2 aromatic carbocycles. The molecule has 0 spiro atoms. The number of aromatic amines is 1. The van der Waals surface area contributed by atoms with Gasteiger partial charge in [0.15, 0.2) is 6.10 Å². The van der Waals surface area contributed by atoms with E-state index in [0.29, 0.717) is 24.4 Å². The van der Waals surface area contributed by atoms with Gasteiger partial charge in [0.1, 0.15) is 12.4 Å². The van der Waals surface area contributed by atoms with Crippen molar-refractivity contribution in [3.05, 3.63) is 53.1 Å². The van der Waals surface area contributed by atoms with Crippen LogP contribution in [0.2, 0.25) is 0 Å². The van der Waals surface area contributed by atoms with Crippen LogP contribution < -0.4 is 10.1 Å². The van der Waals surface area contributed by atoms with E-state index < -0.39 is 12.0 Å². The van der Waals surface area contributed by atoms with E-state index in [2.05, 4.69) is 31.4 Å². The van der Waals surface area contributed by atoms with Crippen molar-refractivity contribution in [3.63, 3.8) is 0 Å². The molecule has 1 unspecified atom stereocenters. The van der Waals surface area contributed by atoms with Gasteiger partial charge in [-0.05, 0) is 48.9 Å².